The molecule has 1 N–H and O–H groups in total. The van der Waals surface area contributed by atoms with Gasteiger partial charge in [-0.1, -0.05) is 0 Å². The number of pyridine rings is 1. The Balaban J connectivity index is 3.19. The smallest absolute Gasteiger partial charge is 0.274 e. The topological polar surface area (TPSA) is 119 Å². The average Bonchev–Trinajstić information content (AvgIpc) is 2.16. The molecule has 0 fully saturated rings. The molecular formula is C7H7N3O5S. The molecule has 0 saturated heterocycles. The summed E-state index contributed by atoms with van der Waals surface area (Å²) in [5.74, 6) is -0.786. The molecule has 1 heterocycles. The first-order chi connectivity index (χ1) is 7.33. The van der Waals surface area contributed by atoms with Crippen LogP contribution in [0.3, 0.4) is 0 Å². The molecule has 0 atom stereocenters. The summed E-state index contributed by atoms with van der Waals surface area (Å²) in [5.41, 5.74) is -0.466. The van der Waals surface area contributed by atoms with Crippen molar-refractivity contribution in [2.24, 2.45) is 0 Å². The zero-order chi connectivity index (χ0) is 12.3. The van der Waals surface area contributed by atoms with E-state index in [1.54, 1.807) is 4.72 Å². The average molecular weight is 245 g/mol. The van der Waals surface area contributed by atoms with Gasteiger partial charge in [0.1, 0.15) is 11.1 Å². The Labute approximate surface area is 90.5 Å². The van der Waals surface area contributed by atoms with E-state index in [2.05, 4.69) is 4.98 Å². The van der Waals surface area contributed by atoms with Crippen LogP contribution in [0.1, 0.15) is 6.92 Å². The van der Waals surface area contributed by atoms with Crippen LogP contribution in [0.5, 0.6) is 0 Å². The van der Waals surface area contributed by atoms with Gasteiger partial charge in [0.25, 0.3) is 15.7 Å². The number of hydrogen-bond donors (Lipinski definition) is 1. The largest absolute Gasteiger partial charge is 0.288 e. The Morgan fingerprint density at radius 3 is 2.62 bits per heavy atom. The highest BCUT2D eigenvalue weighted by molar-refractivity contribution is 7.90. The Bertz CT molecular complexity index is 539. The number of carbonyl (C=O) groups excluding carboxylic acids is 1. The van der Waals surface area contributed by atoms with E-state index < -0.39 is 31.4 Å². The van der Waals surface area contributed by atoms with Gasteiger partial charge in [0, 0.05) is 19.2 Å². The number of carbonyl (C=O) groups is 1. The van der Waals surface area contributed by atoms with Crippen molar-refractivity contribution >= 4 is 21.6 Å². The molecule has 0 unspecified atom stereocenters. The molecular weight excluding hydrogens is 238 g/mol. The lowest BCUT2D eigenvalue weighted by Crippen LogP contribution is -2.28. The van der Waals surface area contributed by atoms with Gasteiger partial charge >= 0.3 is 0 Å². The van der Waals surface area contributed by atoms with Crippen LogP contribution in [-0.4, -0.2) is 24.2 Å². The van der Waals surface area contributed by atoms with E-state index in [0.29, 0.717) is 0 Å². The summed E-state index contributed by atoms with van der Waals surface area (Å²) in [6.07, 6.45) is 1.82. The normalized spacial score (nSPS) is 10.8. The first-order valence-electron chi connectivity index (χ1n) is 3.96. The molecule has 1 aromatic rings. The number of aromatic nitrogens is 1. The maximum absolute atomic E-state index is 11.4. The first kappa shape index (κ1) is 12.0. The molecule has 0 bridgehead atoms. The lowest BCUT2D eigenvalue weighted by molar-refractivity contribution is -0.385. The van der Waals surface area contributed by atoms with Crippen LogP contribution in [0, 0.1) is 10.1 Å². The van der Waals surface area contributed by atoms with Crippen molar-refractivity contribution in [2.75, 3.05) is 0 Å². The highest BCUT2D eigenvalue weighted by atomic mass is 32.2. The number of amides is 1. The van der Waals surface area contributed by atoms with Crippen LogP contribution in [-0.2, 0) is 14.8 Å². The van der Waals surface area contributed by atoms with Crippen molar-refractivity contribution in [1.29, 1.82) is 0 Å². The van der Waals surface area contributed by atoms with Gasteiger partial charge in [-0.15, -0.1) is 0 Å². The van der Waals surface area contributed by atoms with Gasteiger partial charge in [-0.3, -0.25) is 19.9 Å². The standard InChI is InChI=1S/C7H7N3O5S/c1-5(11)9-16(14,15)7-2-6(10(12)13)3-8-4-7/h2-4H,1H3,(H,9,11). The molecule has 0 aliphatic carbocycles. The second-order valence-corrected chi connectivity index (χ2v) is 4.48. The van der Waals surface area contributed by atoms with Gasteiger partial charge in [0.05, 0.1) is 4.92 Å². The zero-order valence-electron chi connectivity index (χ0n) is 8.08. The highest BCUT2D eigenvalue weighted by Gasteiger charge is 2.19. The van der Waals surface area contributed by atoms with Gasteiger partial charge in [-0.25, -0.2) is 13.1 Å². The van der Waals surface area contributed by atoms with Crippen LogP contribution in [0.25, 0.3) is 0 Å². The lowest BCUT2D eigenvalue weighted by Gasteiger charge is -2.03. The fourth-order valence-electron chi connectivity index (χ4n) is 0.902. The second-order valence-electron chi connectivity index (χ2n) is 2.80. The maximum atomic E-state index is 11.4. The molecule has 0 saturated carbocycles. The lowest BCUT2D eigenvalue weighted by atomic mass is 10.4. The van der Waals surface area contributed by atoms with Crippen LogP contribution in [0.4, 0.5) is 5.69 Å². The molecule has 0 aromatic carbocycles. The molecule has 0 spiro atoms. The number of nitrogens with zero attached hydrogens (tertiary/aromatic N) is 2. The maximum Gasteiger partial charge on any atom is 0.288 e. The van der Waals surface area contributed by atoms with Crippen molar-refractivity contribution in [1.82, 2.24) is 9.71 Å². The number of hydrogen-bond acceptors (Lipinski definition) is 6. The third kappa shape index (κ3) is 2.73. The fourth-order valence-corrected chi connectivity index (χ4v) is 1.87. The summed E-state index contributed by atoms with van der Waals surface area (Å²) in [7, 11) is -4.08. The Morgan fingerprint density at radius 1 is 1.50 bits per heavy atom. The van der Waals surface area contributed by atoms with Crippen LogP contribution >= 0.6 is 0 Å². The second kappa shape index (κ2) is 4.23. The summed E-state index contributed by atoms with van der Waals surface area (Å²) < 4.78 is 24.5. The molecule has 86 valence electrons. The van der Waals surface area contributed by atoms with Crippen molar-refractivity contribution in [3.8, 4) is 0 Å². The van der Waals surface area contributed by atoms with Crippen molar-refractivity contribution in [2.45, 2.75) is 11.8 Å². The summed E-state index contributed by atoms with van der Waals surface area (Å²) in [5, 5.41) is 10.4. The van der Waals surface area contributed by atoms with E-state index in [4.69, 9.17) is 0 Å². The number of nitro groups is 1. The van der Waals surface area contributed by atoms with Crippen LogP contribution in [0.2, 0.25) is 0 Å². The third-order valence-electron chi connectivity index (χ3n) is 1.50. The Hall–Kier alpha value is -2.03. The Morgan fingerprint density at radius 2 is 2.12 bits per heavy atom. The Kier molecular flexibility index (Phi) is 3.18. The number of rotatable bonds is 3. The van der Waals surface area contributed by atoms with E-state index in [-0.39, 0.29) is 0 Å². The molecule has 0 aliphatic rings. The summed E-state index contributed by atoms with van der Waals surface area (Å²) in [6, 6.07) is 0.818. The van der Waals surface area contributed by atoms with Crippen LogP contribution in [0.15, 0.2) is 23.4 Å². The zero-order valence-corrected chi connectivity index (χ0v) is 8.89. The number of nitrogens with one attached hydrogen (secondary N) is 1. The van der Waals surface area contributed by atoms with Crippen molar-refractivity contribution in [3.05, 3.63) is 28.6 Å². The third-order valence-corrected chi connectivity index (χ3v) is 2.90. The highest BCUT2D eigenvalue weighted by Crippen LogP contribution is 2.14. The van der Waals surface area contributed by atoms with Crippen LogP contribution < -0.4 is 4.72 Å². The fraction of sp³-hybridized carbons (Fsp3) is 0.143. The molecule has 0 radical (unpaired) electrons. The summed E-state index contributed by atoms with van der Waals surface area (Å²) >= 11 is 0. The number of sulfonamides is 1. The quantitative estimate of drug-likeness (QED) is 0.582. The first-order valence-corrected chi connectivity index (χ1v) is 5.44. The molecule has 1 rings (SSSR count). The molecule has 0 aliphatic heterocycles. The molecule has 1 amide bonds. The minimum absolute atomic E-state index is 0.433. The van der Waals surface area contributed by atoms with Gasteiger partial charge in [0.15, 0.2) is 0 Å². The van der Waals surface area contributed by atoms with Gasteiger partial charge in [0.2, 0.25) is 5.91 Å². The van der Waals surface area contributed by atoms with E-state index >= 15 is 0 Å². The molecule has 16 heavy (non-hydrogen) atoms. The van der Waals surface area contributed by atoms with Gasteiger partial charge in [-0.2, -0.15) is 0 Å². The van der Waals surface area contributed by atoms with E-state index in [1.165, 1.54) is 0 Å². The predicted molar refractivity (Wildman–Crippen MR) is 51.9 cm³/mol. The monoisotopic (exact) mass is 245 g/mol. The summed E-state index contributed by atoms with van der Waals surface area (Å²) in [4.78, 5) is 23.2. The molecule has 9 heteroatoms. The minimum atomic E-state index is -4.08. The summed E-state index contributed by atoms with van der Waals surface area (Å²) in [6.45, 7) is 1.02. The molecule has 1 aromatic heterocycles. The SMILES string of the molecule is CC(=O)NS(=O)(=O)c1cncc([N+](=O)[O-])c1. The minimum Gasteiger partial charge on any atom is -0.274 e. The van der Waals surface area contributed by atoms with Crippen molar-refractivity contribution < 1.29 is 18.1 Å². The van der Waals surface area contributed by atoms with E-state index in [1.807, 2.05) is 0 Å². The van der Waals surface area contributed by atoms with E-state index in [9.17, 15) is 23.3 Å². The van der Waals surface area contributed by atoms with Gasteiger partial charge < -0.3 is 0 Å². The van der Waals surface area contributed by atoms with Crippen molar-refractivity contribution in [3.63, 3.8) is 0 Å². The predicted octanol–water partition coefficient (Wildman–Crippen LogP) is -0.185. The molecule has 8 nitrogen and oxygen atoms in total. The van der Waals surface area contributed by atoms with Gasteiger partial charge in [-0.05, 0) is 0 Å². The van der Waals surface area contributed by atoms with E-state index in [0.717, 1.165) is 25.4 Å².